The number of hydrogen-bond donors (Lipinski definition) is 8. The van der Waals surface area contributed by atoms with E-state index < -0.39 is 28.4 Å². The van der Waals surface area contributed by atoms with Gasteiger partial charge in [-0.15, -0.1) is 14.6 Å². The number of azo groups is 1. The molecule has 0 saturated carbocycles. The first kappa shape index (κ1) is 38.2. The molecule has 0 spiro atoms. The van der Waals surface area contributed by atoms with Crippen LogP contribution in [-0.2, 0) is 28.4 Å². The summed E-state index contributed by atoms with van der Waals surface area (Å²) >= 11 is 7.11. The molecule has 0 atom stereocenters. The third-order valence-corrected chi connectivity index (χ3v) is 10.3. The maximum atomic E-state index is 12.3. The number of phenolic OH excluding ortho intramolecular Hbond substituents is 1. The number of benzene rings is 5. The lowest BCUT2D eigenvalue weighted by Crippen LogP contribution is -2.08. The zero-order valence-electron chi connectivity index (χ0n) is 25.9. The van der Waals surface area contributed by atoms with Gasteiger partial charge in [-0.3, -0.25) is 9.12 Å². The molecule has 1 aromatic heterocycles. The van der Waals surface area contributed by atoms with Crippen LogP contribution < -0.4 is 15.9 Å². The van der Waals surface area contributed by atoms with Crippen LogP contribution >= 0.6 is 43.3 Å². The van der Waals surface area contributed by atoms with Crippen LogP contribution in [0.2, 0.25) is 5.28 Å². The van der Waals surface area contributed by atoms with E-state index >= 15 is 0 Å². The summed E-state index contributed by atoms with van der Waals surface area (Å²) in [7, 11) is -9.46. The lowest BCUT2D eigenvalue weighted by atomic mass is 10.1. The minimum absolute atomic E-state index is 0.0218. The molecule has 53 heavy (non-hydrogen) atoms. The van der Waals surface area contributed by atoms with Crippen molar-refractivity contribution >= 4 is 115 Å². The van der Waals surface area contributed by atoms with Gasteiger partial charge in [0.2, 0.25) is 17.2 Å². The van der Waals surface area contributed by atoms with Crippen molar-refractivity contribution in [1.29, 1.82) is 0 Å². The van der Waals surface area contributed by atoms with Gasteiger partial charge in [-0.05, 0) is 70.2 Å². The minimum atomic E-state index is -4.87. The van der Waals surface area contributed by atoms with Gasteiger partial charge in [-0.25, -0.2) is 10.5 Å². The highest BCUT2D eigenvalue weighted by molar-refractivity contribution is 7.95. The lowest BCUT2D eigenvalue weighted by Gasteiger charge is -2.15. The van der Waals surface area contributed by atoms with E-state index in [1.165, 1.54) is 30.3 Å². The van der Waals surface area contributed by atoms with Gasteiger partial charge < -0.3 is 25.5 Å². The second kappa shape index (κ2) is 15.8. The van der Waals surface area contributed by atoms with Crippen molar-refractivity contribution in [2.24, 2.45) is 10.2 Å². The minimum Gasteiger partial charge on any atom is -0.505 e. The number of aromatic hydroxyl groups is 1. The Labute approximate surface area is 310 Å². The molecule has 274 valence electrons. The van der Waals surface area contributed by atoms with Crippen LogP contribution in [0.5, 0.6) is 5.75 Å². The van der Waals surface area contributed by atoms with Gasteiger partial charge in [-0.1, -0.05) is 41.4 Å². The fourth-order valence-electron chi connectivity index (χ4n) is 4.93. The molecule has 6 rings (SSSR count). The summed E-state index contributed by atoms with van der Waals surface area (Å²) < 4.78 is 55.3. The van der Waals surface area contributed by atoms with Crippen molar-refractivity contribution in [3.8, 4) is 5.75 Å². The molecule has 0 aliphatic heterocycles. The van der Waals surface area contributed by atoms with Gasteiger partial charge in [0.15, 0.2) is 5.75 Å². The summed E-state index contributed by atoms with van der Waals surface area (Å²) in [4.78, 5) is 30.9. The Balaban J connectivity index is 1.48. The van der Waals surface area contributed by atoms with Crippen LogP contribution in [0, 0.1) is 0 Å². The molecule has 0 aliphatic carbocycles. The second-order valence-electron chi connectivity index (χ2n) is 10.4. The van der Waals surface area contributed by atoms with Gasteiger partial charge in [-0.2, -0.15) is 27.7 Å². The molecule has 6 aromatic rings. The summed E-state index contributed by atoms with van der Waals surface area (Å²) in [6.07, 6.45) is 0. The number of phenols is 1. The van der Waals surface area contributed by atoms with E-state index in [-0.39, 0.29) is 60.9 Å². The monoisotopic (exact) mass is 821 g/mol. The Bertz CT molecular complexity index is 2570. The predicted molar refractivity (Wildman–Crippen MR) is 193 cm³/mol. The molecule has 0 bridgehead atoms. The Morgan fingerprint density at radius 2 is 1.60 bits per heavy atom. The summed E-state index contributed by atoms with van der Waals surface area (Å²) in [6.45, 7) is 0. The molecular weight excluding hydrogens is 801 g/mol. The number of nitrogens with zero attached hydrogens (tertiary/aromatic N) is 5. The van der Waals surface area contributed by atoms with Crippen LogP contribution in [0.3, 0.4) is 0 Å². The Morgan fingerprint density at radius 1 is 0.849 bits per heavy atom. The molecule has 0 fully saturated rings. The van der Waals surface area contributed by atoms with E-state index in [0.29, 0.717) is 34.4 Å². The first-order valence-corrected chi connectivity index (χ1v) is 19.2. The van der Waals surface area contributed by atoms with E-state index in [1.54, 1.807) is 24.3 Å². The van der Waals surface area contributed by atoms with Crippen LogP contribution in [-0.4, -0.2) is 53.3 Å². The van der Waals surface area contributed by atoms with Crippen LogP contribution in [0.15, 0.2) is 104 Å². The molecule has 0 radical (unpaired) electrons. The molecule has 19 nitrogen and oxygen atoms in total. The van der Waals surface area contributed by atoms with Gasteiger partial charge in [0.25, 0.3) is 10.1 Å². The Morgan fingerprint density at radius 3 is 2.32 bits per heavy atom. The number of aromatic nitrogens is 3. The smallest absolute Gasteiger partial charge is 0.356 e. The quantitative estimate of drug-likeness (QED) is 0.0140. The largest absolute Gasteiger partial charge is 0.505 e. The Kier molecular flexibility index (Phi) is 11.4. The summed E-state index contributed by atoms with van der Waals surface area (Å²) in [5, 5.41) is 48.1. The number of rotatable bonds is 13. The predicted octanol–water partition coefficient (Wildman–Crippen LogP) is 7.41. The average Bonchev–Trinajstić information content (AvgIpc) is 3.10. The molecule has 5 aromatic carbocycles. The van der Waals surface area contributed by atoms with Crippen LogP contribution in [0.1, 0.15) is 0 Å². The number of fused-ring (bicyclic) bond motifs is 2. The van der Waals surface area contributed by atoms with Gasteiger partial charge in [0.1, 0.15) is 11.4 Å². The Hall–Kier alpha value is -4.52. The number of hydrogen-bond acceptors (Lipinski definition) is 18. The maximum Gasteiger partial charge on any atom is 0.356 e. The van der Waals surface area contributed by atoms with Crippen molar-refractivity contribution < 1.29 is 56.6 Å². The SMILES string of the molecule is O=P(O)(O)c1cccc(Nc2nc(Cl)nc(Nc3cc(S(=O)(=O)O)cc4cc(SOOO)c(N=Nc5ccc6ccccc6c5SOO)c(O)c34)n2)c1. The van der Waals surface area contributed by atoms with E-state index in [4.69, 9.17) is 16.9 Å². The molecule has 0 aliphatic rings. The van der Waals surface area contributed by atoms with E-state index in [9.17, 15) is 37.7 Å². The van der Waals surface area contributed by atoms with Crippen molar-refractivity contribution in [3.63, 3.8) is 0 Å². The van der Waals surface area contributed by atoms with Crippen molar-refractivity contribution in [2.75, 3.05) is 10.6 Å². The zero-order chi connectivity index (χ0) is 37.9. The summed E-state index contributed by atoms with van der Waals surface area (Å²) in [5.74, 6) is -1.15. The highest BCUT2D eigenvalue weighted by Crippen LogP contribution is 2.48. The molecular formula is C29H21ClN7O12PS3. The van der Waals surface area contributed by atoms with Crippen molar-refractivity contribution in [1.82, 2.24) is 15.0 Å². The topological polar surface area (TPSA) is 288 Å². The zero-order valence-corrected chi connectivity index (χ0v) is 30.0. The average molecular weight is 822 g/mol. The number of halogens is 1. The first-order chi connectivity index (χ1) is 25.2. The fourth-order valence-corrected chi connectivity index (χ4v) is 7.26. The molecule has 0 amide bonds. The third-order valence-electron chi connectivity index (χ3n) is 7.11. The molecule has 8 N–H and O–H groups in total. The number of anilines is 4. The highest BCUT2D eigenvalue weighted by Gasteiger charge is 2.23. The molecule has 24 heteroatoms. The van der Waals surface area contributed by atoms with Crippen molar-refractivity contribution in [3.05, 3.63) is 84.1 Å². The fraction of sp³-hybridized carbons (Fsp3) is 0. The molecule has 1 heterocycles. The van der Waals surface area contributed by atoms with Crippen molar-refractivity contribution in [2.45, 2.75) is 14.7 Å². The van der Waals surface area contributed by atoms with Crippen LogP contribution in [0.25, 0.3) is 21.5 Å². The highest BCUT2D eigenvalue weighted by atomic mass is 35.5. The molecule has 0 saturated heterocycles. The normalized spacial score (nSPS) is 12.2. The standard InChI is InChI=1S/C29H21ClN7O12PS3/c30-27-33-28(31-16-5-3-6-17(12-16)50(41,42)43)35-29(34-27)32-21-13-18(53(44,45)46)10-15-11-22(51-49-47-39)24(25(38)23(15)21)37-36-20-9-8-14-4-1-2-7-19(14)26(20)52-48-40/h1-13,38-40H,(H2,41,42,43)(H,44,45,46)(H2,31,32,33,34,35). The summed E-state index contributed by atoms with van der Waals surface area (Å²) in [5.41, 5.74) is -0.114. The molecule has 0 unspecified atom stereocenters. The number of nitrogens with one attached hydrogen (secondary N) is 2. The lowest BCUT2D eigenvalue weighted by molar-refractivity contribution is -0.432. The third kappa shape index (κ3) is 8.83. The maximum absolute atomic E-state index is 12.3. The van der Waals surface area contributed by atoms with Gasteiger partial charge >= 0.3 is 7.60 Å². The van der Waals surface area contributed by atoms with Crippen LogP contribution in [0.4, 0.5) is 34.6 Å². The van der Waals surface area contributed by atoms with E-state index in [1.807, 2.05) is 12.1 Å². The second-order valence-corrected chi connectivity index (χ2v) is 15.3. The van der Waals surface area contributed by atoms with E-state index in [0.717, 1.165) is 17.5 Å². The van der Waals surface area contributed by atoms with Gasteiger partial charge in [0, 0.05) is 11.1 Å². The summed E-state index contributed by atoms with van der Waals surface area (Å²) in [6, 6.07) is 19.0. The first-order valence-electron chi connectivity index (χ1n) is 14.2. The van der Waals surface area contributed by atoms with Gasteiger partial charge in [0.05, 0.1) is 49.8 Å². The van der Waals surface area contributed by atoms with E-state index in [2.05, 4.69) is 49.5 Å².